The first-order chi connectivity index (χ1) is 21.0. The number of nitrogens with zero attached hydrogens (tertiary/aromatic N) is 4. The molecule has 44 heavy (non-hydrogen) atoms. The Balaban J connectivity index is 1.38. The molecule has 2 aromatic heterocycles. The molecule has 1 aliphatic rings. The molecular weight excluding hydrogens is 596 g/mol. The van der Waals surface area contributed by atoms with Gasteiger partial charge in [-0.2, -0.15) is 9.97 Å². The number of rotatable bonds is 7. The van der Waals surface area contributed by atoms with Crippen molar-refractivity contribution in [1.82, 2.24) is 19.4 Å². The molecule has 0 N–H and O–H groups in total. The van der Waals surface area contributed by atoms with E-state index in [0.717, 1.165) is 39.7 Å². The molecule has 5 aromatic rings. The summed E-state index contributed by atoms with van der Waals surface area (Å²) in [5, 5.41) is 2.64. The number of hydrogen-bond acceptors (Lipinski definition) is 6. The van der Waals surface area contributed by atoms with Crippen molar-refractivity contribution in [1.29, 1.82) is 0 Å². The number of halogens is 1. The van der Waals surface area contributed by atoms with E-state index in [9.17, 15) is 13.2 Å². The highest BCUT2D eigenvalue weighted by atomic mass is 35.5. The third-order valence-corrected chi connectivity index (χ3v) is 9.41. The second-order valence-corrected chi connectivity index (χ2v) is 14.2. The van der Waals surface area contributed by atoms with Gasteiger partial charge in [-0.3, -0.25) is 4.79 Å². The molecule has 1 amide bonds. The van der Waals surface area contributed by atoms with Gasteiger partial charge in [0.1, 0.15) is 18.8 Å². The van der Waals surface area contributed by atoms with E-state index in [4.69, 9.17) is 26.3 Å². The van der Waals surface area contributed by atoms with Crippen LogP contribution in [-0.2, 0) is 9.84 Å². The molecule has 6 rings (SSSR count). The predicted molar refractivity (Wildman–Crippen MR) is 175 cm³/mol. The van der Waals surface area contributed by atoms with E-state index >= 15 is 0 Å². The normalized spacial score (nSPS) is 15.2. The minimum absolute atomic E-state index is 0.0840. The van der Waals surface area contributed by atoms with Crippen LogP contribution < -0.4 is 9.22 Å². The molecule has 10 heteroatoms. The average Bonchev–Trinajstić information content (AvgIpc) is 3.02. The zero-order valence-corrected chi connectivity index (χ0v) is 26.5. The zero-order chi connectivity index (χ0) is 31.1. The molecule has 0 aliphatic carbocycles. The van der Waals surface area contributed by atoms with Gasteiger partial charge in [-0.15, -0.1) is 0 Å². The summed E-state index contributed by atoms with van der Waals surface area (Å²) >= 11 is 6.24. The van der Waals surface area contributed by atoms with Crippen molar-refractivity contribution in [3.05, 3.63) is 95.5 Å². The maximum atomic E-state index is 14.0. The van der Waals surface area contributed by atoms with E-state index in [1.165, 1.54) is 12.1 Å². The van der Waals surface area contributed by atoms with E-state index in [2.05, 4.69) is 6.07 Å². The molecule has 226 valence electrons. The first kappa shape index (κ1) is 30.0. The Labute approximate surface area is 262 Å². The number of carbonyl (C=O) groups is 1. The van der Waals surface area contributed by atoms with E-state index in [1.54, 1.807) is 11.0 Å². The summed E-state index contributed by atoms with van der Waals surface area (Å²) in [6.07, 6.45) is 1.14. The fourth-order valence-corrected chi connectivity index (χ4v) is 6.49. The van der Waals surface area contributed by atoms with Crippen molar-refractivity contribution < 1.29 is 17.9 Å². The Morgan fingerprint density at radius 3 is 2.23 bits per heavy atom. The van der Waals surface area contributed by atoms with Crippen molar-refractivity contribution in [3.63, 3.8) is 0 Å². The van der Waals surface area contributed by atoms with Crippen molar-refractivity contribution >= 4 is 60.8 Å². The van der Waals surface area contributed by atoms with E-state index in [-0.39, 0.29) is 22.3 Å². The fraction of sp³-hybridized carbons (Fsp3) is 0.265. The Morgan fingerprint density at radius 2 is 1.55 bits per heavy atom. The van der Waals surface area contributed by atoms with Crippen molar-refractivity contribution in [2.24, 2.45) is 5.92 Å². The molecule has 1 fully saturated rings. The molecule has 8 nitrogen and oxygen atoms in total. The summed E-state index contributed by atoms with van der Waals surface area (Å²) in [6.45, 7) is 6.30. The Hall–Kier alpha value is -4.05. The van der Waals surface area contributed by atoms with Crippen LogP contribution >= 0.6 is 11.6 Å². The minimum atomic E-state index is -3.52. The molecule has 0 bridgehead atoms. The lowest BCUT2D eigenvalue weighted by Crippen LogP contribution is -2.59. The number of para-hydroxylation sites is 1. The van der Waals surface area contributed by atoms with Crippen LogP contribution in [0.2, 0.25) is 5.02 Å². The summed E-state index contributed by atoms with van der Waals surface area (Å²) in [4.78, 5) is 26.0. The number of carbonyl (C=O) groups excluding carboxylic acids is 1. The van der Waals surface area contributed by atoms with Gasteiger partial charge in [-0.25, -0.2) is 12.9 Å². The number of hydrogen-bond donors (Lipinski definition) is 0. The summed E-state index contributed by atoms with van der Waals surface area (Å²) in [5.74, 6) is 2.03. The molecule has 0 atom stereocenters. The van der Waals surface area contributed by atoms with Crippen molar-refractivity contribution in [3.8, 4) is 5.75 Å². The second-order valence-electron chi connectivity index (χ2n) is 11.7. The molecular formula is C34H34ClN4O4S+. The fourth-order valence-electron chi connectivity index (χ4n) is 5.66. The number of aromatic nitrogens is 2. The Bertz CT molecular complexity index is 1990. The number of benzene rings is 3. The first-order valence-electron chi connectivity index (χ1n) is 14.6. The maximum Gasteiger partial charge on any atom is 0.258 e. The first-order valence-corrected chi connectivity index (χ1v) is 16.9. The van der Waals surface area contributed by atoms with Crippen LogP contribution in [0.1, 0.15) is 24.2 Å². The predicted octanol–water partition coefficient (Wildman–Crippen LogP) is 6.67. The van der Waals surface area contributed by atoms with Gasteiger partial charge < -0.3 is 9.64 Å². The highest BCUT2D eigenvalue weighted by molar-refractivity contribution is 7.90. The van der Waals surface area contributed by atoms with Gasteiger partial charge in [0.15, 0.2) is 9.84 Å². The van der Waals surface area contributed by atoms with Gasteiger partial charge in [-0.05, 0) is 60.5 Å². The minimum Gasteiger partial charge on any atom is -0.492 e. The van der Waals surface area contributed by atoms with Crippen LogP contribution in [0, 0.1) is 5.92 Å². The topological polar surface area (TPSA) is 89.5 Å². The quantitative estimate of drug-likeness (QED) is 0.187. The van der Waals surface area contributed by atoms with Gasteiger partial charge in [0.05, 0.1) is 41.2 Å². The molecule has 3 aromatic carbocycles. The zero-order valence-electron chi connectivity index (χ0n) is 24.9. The van der Waals surface area contributed by atoms with Gasteiger partial charge in [0, 0.05) is 34.2 Å². The van der Waals surface area contributed by atoms with Gasteiger partial charge >= 0.3 is 0 Å². The Morgan fingerprint density at radius 1 is 0.886 bits per heavy atom. The smallest absolute Gasteiger partial charge is 0.258 e. The summed E-state index contributed by atoms with van der Waals surface area (Å²) < 4.78 is 31.1. The highest BCUT2D eigenvalue weighted by Gasteiger charge is 2.42. The number of ether oxygens (including phenoxy) is 1. The summed E-state index contributed by atoms with van der Waals surface area (Å²) in [6, 6.07) is 26.3. The van der Waals surface area contributed by atoms with Crippen LogP contribution in [0.5, 0.6) is 5.75 Å². The van der Waals surface area contributed by atoms with Crippen LogP contribution in [-0.4, -0.2) is 68.2 Å². The standard InChI is InChI=1S/C34H34ClN4O4S/c1-23(2)22-43-31-13-11-27(44(3,41)42)21-28(31)34(40)38-16-18-39(19-17-38,32-14-8-24-6-4-5-7-29(24)36-32)33-15-9-25-20-26(35)10-12-30(25)37-33/h4-15,20-21,23H,16-19,22H2,1-3H3/q+1. The molecule has 3 heterocycles. The van der Waals surface area contributed by atoms with Crippen LogP contribution in [0.25, 0.3) is 21.8 Å². The van der Waals surface area contributed by atoms with Crippen LogP contribution in [0.15, 0.2) is 89.8 Å². The number of quaternary nitrogens is 1. The lowest BCUT2D eigenvalue weighted by Gasteiger charge is -2.42. The molecule has 1 saturated heterocycles. The van der Waals surface area contributed by atoms with E-state index < -0.39 is 9.84 Å². The highest BCUT2D eigenvalue weighted by Crippen LogP contribution is 2.37. The molecule has 0 unspecified atom stereocenters. The molecule has 0 spiro atoms. The van der Waals surface area contributed by atoms with Crippen molar-refractivity contribution in [2.75, 3.05) is 39.0 Å². The molecule has 0 saturated carbocycles. The van der Waals surface area contributed by atoms with Gasteiger partial charge in [0.25, 0.3) is 5.91 Å². The maximum absolute atomic E-state index is 14.0. The van der Waals surface area contributed by atoms with Gasteiger partial charge in [0.2, 0.25) is 11.6 Å². The third kappa shape index (κ3) is 5.87. The monoisotopic (exact) mass is 629 g/mol. The summed E-state index contributed by atoms with van der Waals surface area (Å²) in [5.41, 5.74) is 1.96. The lowest BCUT2D eigenvalue weighted by atomic mass is 10.1. The van der Waals surface area contributed by atoms with Gasteiger partial charge in [-0.1, -0.05) is 43.6 Å². The summed E-state index contributed by atoms with van der Waals surface area (Å²) in [7, 11) is -3.52. The second kappa shape index (κ2) is 11.8. The SMILES string of the molecule is CC(C)COc1ccc(S(C)(=O)=O)cc1C(=O)N1CC[N+](c2ccc3ccccc3n2)(c2ccc3cc(Cl)ccc3n2)CC1. The van der Waals surface area contributed by atoms with Crippen LogP contribution in [0.3, 0.4) is 0 Å². The number of fused-ring (bicyclic) bond motifs is 2. The van der Waals surface area contributed by atoms with Crippen LogP contribution in [0.4, 0.5) is 11.6 Å². The number of pyridine rings is 2. The largest absolute Gasteiger partial charge is 0.492 e. The molecule has 1 aliphatic heterocycles. The van der Waals surface area contributed by atoms with E-state index in [1.807, 2.05) is 74.5 Å². The number of piperazine rings is 1. The van der Waals surface area contributed by atoms with Crippen molar-refractivity contribution in [2.45, 2.75) is 18.7 Å². The number of sulfone groups is 1. The lowest BCUT2D eigenvalue weighted by molar-refractivity contribution is 0.0677. The molecule has 0 radical (unpaired) electrons. The van der Waals surface area contributed by atoms with E-state index in [0.29, 0.717) is 48.0 Å². The number of amides is 1. The average molecular weight is 630 g/mol. The Kier molecular flexibility index (Phi) is 8.04. The third-order valence-electron chi connectivity index (χ3n) is 8.07.